The van der Waals surface area contributed by atoms with Gasteiger partial charge in [0.25, 0.3) is 0 Å². The Labute approximate surface area is 270 Å². The van der Waals surface area contributed by atoms with Gasteiger partial charge in [0.15, 0.2) is 0 Å². The Hall–Kier alpha value is -5.64. The van der Waals surface area contributed by atoms with Crippen molar-refractivity contribution in [2.24, 2.45) is 0 Å². The van der Waals surface area contributed by atoms with Crippen molar-refractivity contribution in [3.63, 3.8) is 0 Å². The molecule has 3 heteroatoms. The van der Waals surface area contributed by atoms with Gasteiger partial charge in [0.2, 0.25) is 0 Å². The van der Waals surface area contributed by atoms with Crippen LogP contribution in [0.3, 0.4) is 0 Å². The van der Waals surface area contributed by atoms with Crippen molar-refractivity contribution in [3.05, 3.63) is 157 Å². The van der Waals surface area contributed by atoms with E-state index in [1.54, 1.807) is 0 Å². The largest absolute Gasteiger partial charge is 0.309 e. The second-order valence-corrected chi connectivity index (χ2v) is 13.3. The molecule has 10 rings (SSSR count). The minimum absolute atomic E-state index is 1.18. The molecule has 2 nitrogen and oxygen atoms in total. The Balaban J connectivity index is 1.18. The van der Waals surface area contributed by atoms with Crippen LogP contribution in [0, 0.1) is 6.92 Å². The van der Waals surface area contributed by atoms with E-state index < -0.39 is 0 Å². The molecular formula is C43H28N2S. The van der Waals surface area contributed by atoms with Crippen LogP contribution in [-0.2, 0) is 0 Å². The number of para-hydroxylation sites is 4. The van der Waals surface area contributed by atoms with Gasteiger partial charge >= 0.3 is 0 Å². The zero-order valence-electron chi connectivity index (χ0n) is 25.2. The number of aromatic nitrogens is 2. The summed E-state index contributed by atoms with van der Waals surface area (Å²) in [5.74, 6) is 0. The quantitative estimate of drug-likeness (QED) is 0.190. The maximum Gasteiger partial charge on any atom is 0.0541 e. The number of aryl methyl sites for hydroxylation is 1. The lowest BCUT2D eigenvalue weighted by molar-refractivity contribution is 1.18. The van der Waals surface area contributed by atoms with E-state index >= 15 is 0 Å². The monoisotopic (exact) mass is 604 g/mol. The van der Waals surface area contributed by atoms with Gasteiger partial charge in [0, 0.05) is 53.1 Å². The van der Waals surface area contributed by atoms with E-state index in [1.807, 2.05) is 11.3 Å². The zero-order chi connectivity index (χ0) is 30.4. The van der Waals surface area contributed by atoms with Crippen molar-refractivity contribution in [2.75, 3.05) is 0 Å². The molecule has 0 saturated heterocycles. The van der Waals surface area contributed by atoms with Crippen molar-refractivity contribution < 1.29 is 0 Å². The SMILES string of the molecule is Cc1cc(-c2ccc3c(c2)c2ccccc2n3-c2ccccc2)cc2c1sc1ccc(-n3c4ccccc4c4ccccc43)cc12. The number of thiophene rings is 1. The second kappa shape index (κ2) is 9.68. The summed E-state index contributed by atoms with van der Waals surface area (Å²) in [5.41, 5.74) is 11.1. The molecule has 0 aliphatic heterocycles. The third-order valence-corrected chi connectivity index (χ3v) is 10.9. The highest BCUT2D eigenvalue weighted by molar-refractivity contribution is 7.26. The van der Waals surface area contributed by atoms with Gasteiger partial charge in [-0.05, 0) is 96.4 Å². The van der Waals surface area contributed by atoms with Gasteiger partial charge in [-0.25, -0.2) is 0 Å². The molecule has 10 aromatic rings. The molecule has 3 heterocycles. The van der Waals surface area contributed by atoms with Gasteiger partial charge in [0.1, 0.15) is 0 Å². The Kier molecular flexibility index (Phi) is 5.40. The predicted molar refractivity (Wildman–Crippen MR) is 198 cm³/mol. The lowest BCUT2D eigenvalue weighted by Crippen LogP contribution is -1.93. The fourth-order valence-electron chi connectivity index (χ4n) is 7.55. The highest BCUT2D eigenvalue weighted by Crippen LogP contribution is 2.42. The van der Waals surface area contributed by atoms with Crippen molar-refractivity contribution in [2.45, 2.75) is 6.92 Å². The molecule has 0 radical (unpaired) electrons. The van der Waals surface area contributed by atoms with Crippen LogP contribution in [0.2, 0.25) is 0 Å². The summed E-state index contributed by atoms with van der Waals surface area (Å²) in [4.78, 5) is 0. The molecule has 216 valence electrons. The Bertz CT molecular complexity index is 2760. The van der Waals surface area contributed by atoms with E-state index in [0.29, 0.717) is 0 Å². The molecule has 3 aromatic heterocycles. The van der Waals surface area contributed by atoms with E-state index in [4.69, 9.17) is 0 Å². The van der Waals surface area contributed by atoms with Crippen molar-refractivity contribution in [1.82, 2.24) is 9.13 Å². The van der Waals surface area contributed by atoms with Gasteiger partial charge in [-0.3, -0.25) is 0 Å². The van der Waals surface area contributed by atoms with E-state index in [0.717, 1.165) is 0 Å². The maximum absolute atomic E-state index is 2.42. The third kappa shape index (κ3) is 3.64. The van der Waals surface area contributed by atoms with Crippen LogP contribution < -0.4 is 0 Å². The fourth-order valence-corrected chi connectivity index (χ4v) is 8.68. The van der Waals surface area contributed by atoms with Gasteiger partial charge < -0.3 is 9.13 Å². The minimum atomic E-state index is 1.18. The number of hydrogen-bond acceptors (Lipinski definition) is 1. The molecule has 0 aliphatic carbocycles. The molecule has 0 saturated carbocycles. The molecule has 7 aromatic carbocycles. The predicted octanol–water partition coefficient (Wildman–Crippen LogP) is 12.2. The first kappa shape index (κ1) is 25.7. The summed E-state index contributed by atoms with van der Waals surface area (Å²) < 4.78 is 7.48. The molecule has 0 N–H and O–H groups in total. The molecule has 46 heavy (non-hydrogen) atoms. The molecule has 0 spiro atoms. The molecule has 0 amide bonds. The normalized spacial score (nSPS) is 12.0. The molecule has 0 unspecified atom stereocenters. The Morgan fingerprint density at radius 3 is 1.65 bits per heavy atom. The summed E-state index contributed by atoms with van der Waals surface area (Å²) in [7, 11) is 0. The van der Waals surface area contributed by atoms with E-state index in [-0.39, 0.29) is 0 Å². The molecule has 0 bridgehead atoms. The molecule has 0 fully saturated rings. The topological polar surface area (TPSA) is 9.86 Å². The number of benzene rings is 7. The summed E-state index contributed by atoms with van der Waals surface area (Å²) in [6.45, 7) is 2.26. The number of hydrogen-bond donors (Lipinski definition) is 0. The lowest BCUT2D eigenvalue weighted by Gasteiger charge is -2.09. The van der Waals surface area contributed by atoms with Crippen molar-refractivity contribution in [1.29, 1.82) is 0 Å². The van der Waals surface area contributed by atoms with Crippen LogP contribution in [0.25, 0.3) is 86.3 Å². The average molecular weight is 605 g/mol. The van der Waals surface area contributed by atoms with Crippen LogP contribution in [0.5, 0.6) is 0 Å². The summed E-state index contributed by atoms with van der Waals surface area (Å²) in [5, 5.41) is 7.76. The van der Waals surface area contributed by atoms with Crippen LogP contribution in [0.4, 0.5) is 0 Å². The number of fused-ring (bicyclic) bond motifs is 9. The smallest absolute Gasteiger partial charge is 0.0541 e. The van der Waals surface area contributed by atoms with E-state index in [1.165, 1.54) is 91.8 Å². The van der Waals surface area contributed by atoms with Crippen LogP contribution in [0.1, 0.15) is 5.56 Å². The molecular weight excluding hydrogens is 577 g/mol. The third-order valence-electron chi connectivity index (χ3n) is 9.60. The average Bonchev–Trinajstić information content (AvgIpc) is 3.76. The highest BCUT2D eigenvalue weighted by atomic mass is 32.1. The summed E-state index contributed by atoms with van der Waals surface area (Å²) in [6.07, 6.45) is 0. The molecule has 0 atom stereocenters. The number of nitrogens with zero attached hydrogens (tertiary/aromatic N) is 2. The van der Waals surface area contributed by atoms with Gasteiger partial charge in [0.05, 0.1) is 22.1 Å². The fraction of sp³-hybridized carbons (Fsp3) is 0.0233. The van der Waals surface area contributed by atoms with Gasteiger partial charge in [-0.15, -0.1) is 11.3 Å². The second-order valence-electron chi connectivity index (χ2n) is 12.2. The van der Waals surface area contributed by atoms with Gasteiger partial charge in [-0.2, -0.15) is 0 Å². The van der Waals surface area contributed by atoms with Gasteiger partial charge in [-0.1, -0.05) is 78.9 Å². The van der Waals surface area contributed by atoms with E-state index in [9.17, 15) is 0 Å². The lowest BCUT2D eigenvalue weighted by atomic mass is 9.98. The molecule has 0 aliphatic rings. The van der Waals surface area contributed by atoms with Crippen LogP contribution in [-0.4, -0.2) is 9.13 Å². The maximum atomic E-state index is 2.42. The summed E-state index contributed by atoms with van der Waals surface area (Å²) in [6, 6.07) is 55.6. The summed E-state index contributed by atoms with van der Waals surface area (Å²) >= 11 is 1.90. The first-order chi connectivity index (χ1) is 22.7. The Morgan fingerprint density at radius 1 is 0.391 bits per heavy atom. The number of rotatable bonds is 3. The first-order valence-corrected chi connectivity index (χ1v) is 16.6. The van der Waals surface area contributed by atoms with Crippen LogP contribution in [0.15, 0.2) is 152 Å². The zero-order valence-corrected chi connectivity index (χ0v) is 26.1. The first-order valence-electron chi connectivity index (χ1n) is 15.8. The van der Waals surface area contributed by atoms with Crippen LogP contribution >= 0.6 is 11.3 Å². The van der Waals surface area contributed by atoms with Crippen molar-refractivity contribution in [3.8, 4) is 22.5 Å². The van der Waals surface area contributed by atoms with Crippen molar-refractivity contribution >= 4 is 75.1 Å². The highest BCUT2D eigenvalue weighted by Gasteiger charge is 2.17. The standard InChI is InChI=1S/C43H28N2S/c1-27-23-29(28-19-21-41-35(24-28)34-15-7-10-18-40(34)44(41)30-11-3-2-4-12-30)25-37-36-26-31(20-22-42(36)46-43(27)37)45-38-16-8-5-13-32(38)33-14-6-9-17-39(33)45/h2-26H,1H3. The minimum Gasteiger partial charge on any atom is -0.309 e. The Morgan fingerprint density at radius 2 is 0.957 bits per heavy atom. The van der Waals surface area contributed by atoms with E-state index in [2.05, 4.69) is 168 Å².